The lowest BCUT2D eigenvalue weighted by Gasteiger charge is -2.09. The molecule has 0 radical (unpaired) electrons. The second kappa shape index (κ2) is 5.38. The third-order valence-electron chi connectivity index (χ3n) is 1.88. The zero-order chi connectivity index (χ0) is 12.9. The molecule has 0 aromatic rings. The van der Waals surface area contributed by atoms with E-state index in [-0.39, 0.29) is 11.9 Å². The van der Waals surface area contributed by atoms with Crippen LogP contribution in [0.1, 0.15) is 10.5 Å². The second-order valence-electron chi connectivity index (χ2n) is 2.92. The molecular formula is C7H14N4O3. The normalized spacial score (nSPS) is 26.1. The summed E-state index contributed by atoms with van der Waals surface area (Å²) in [4.78, 5) is 10.2. The molecule has 0 amide bonds. The predicted octanol–water partition coefficient (Wildman–Crippen LogP) is -0.620. The predicted molar refractivity (Wildman–Crippen MR) is 50.4 cm³/mol. The van der Waals surface area contributed by atoms with Gasteiger partial charge in [-0.05, 0) is 6.42 Å². The summed E-state index contributed by atoms with van der Waals surface area (Å²) in [5, 5.41) is 16.8. The second-order valence-corrected chi connectivity index (χ2v) is 2.92. The summed E-state index contributed by atoms with van der Waals surface area (Å²) in [6.07, 6.45) is 0.840. The van der Waals surface area contributed by atoms with Crippen LogP contribution < -0.4 is 10.6 Å². The van der Waals surface area contributed by atoms with Crippen molar-refractivity contribution in [3.05, 3.63) is 10.1 Å². The Morgan fingerprint density at radius 2 is 2.79 bits per heavy atom. The van der Waals surface area contributed by atoms with Crippen molar-refractivity contribution in [3.63, 3.8) is 0 Å². The highest BCUT2D eigenvalue weighted by molar-refractivity contribution is 5.78. The Labute approximate surface area is 85.9 Å². The number of ether oxygens (including phenoxy) is 1. The molecule has 1 aliphatic rings. The van der Waals surface area contributed by atoms with Gasteiger partial charge in [0, 0.05) is 30.2 Å². The molecule has 1 fully saturated rings. The Balaban J connectivity index is 2.48. The Bertz CT molecular complexity index is 301. The van der Waals surface area contributed by atoms with Gasteiger partial charge in [0.1, 0.15) is 5.10 Å². The van der Waals surface area contributed by atoms with Gasteiger partial charge in [-0.1, -0.05) is 0 Å². The van der Waals surface area contributed by atoms with E-state index in [0.717, 1.165) is 6.42 Å². The van der Waals surface area contributed by atoms with Crippen LogP contribution in [0, 0.1) is 16.0 Å². The van der Waals surface area contributed by atoms with Crippen molar-refractivity contribution in [2.45, 2.75) is 6.42 Å². The van der Waals surface area contributed by atoms with E-state index >= 15 is 0 Å². The molecule has 1 aliphatic heterocycles. The van der Waals surface area contributed by atoms with Crippen molar-refractivity contribution in [1.82, 2.24) is 10.6 Å². The number of nitrogens with zero attached hydrogens (tertiary/aromatic N) is 2. The van der Waals surface area contributed by atoms with Crippen molar-refractivity contribution in [1.29, 1.82) is 0 Å². The number of guanidine groups is 1. The SMILES string of the molecule is [2H]C([2H])([2H])N/C(=N/[N+](=O)[O-])NCC1CCOC1. The summed E-state index contributed by atoms with van der Waals surface area (Å²) in [6, 6.07) is 0. The maximum Gasteiger partial charge on any atom is 0.268 e. The maximum absolute atomic E-state index is 10.2. The largest absolute Gasteiger partial charge is 0.381 e. The van der Waals surface area contributed by atoms with E-state index < -0.39 is 12.0 Å². The van der Waals surface area contributed by atoms with Crippen LogP contribution >= 0.6 is 0 Å². The minimum Gasteiger partial charge on any atom is -0.381 e. The zero-order valence-electron chi connectivity index (χ0n) is 10.5. The minimum atomic E-state index is -2.52. The van der Waals surface area contributed by atoms with Crippen LogP contribution in [0.2, 0.25) is 0 Å². The van der Waals surface area contributed by atoms with E-state index in [2.05, 4.69) is 10.4 Å². The van der Waals surface area contributed by atoms with Gasteiger partial charge in [-0.25, -0.2) is 10.1 Å². The van der Waals surface area contributed by atoms with E-state index in [1.165, 1.54) is 0 Å². The Kier molecular flexibility index (Phi) is 2.69. The van der Waals surface area contributed by atoms with Crippen molar-refractivity contribution >= 4 is 5.96 Å². The molecule has 0 aliphatic carbocycles. The fraction of sp³-hybridized carbons (Fsp3) is 0.857. The first-order valence-corrected chi connectivity index (χ1v) is 4.19. The molecule has 1 rings (SSSR count). The monoisotopic (exact) mass is 205 g/mol. The molecule has 1 unspecified atom stereocenters. The van der Waals surface area contributed by atoms with Crippen LogP contribution in [0.25, 0.3) is 0 Å². The van der Waals surface area contributed by atoms with E-state index in [9.17, 15) is 10.1 Å². The molecule has 1 saturated heterocycles. The van der Waals surface area contributed by atoms with Crippen LogP contribution in [0.4, 0.5) is 0 Å². The lowest BCUT2D eigenvalue weighted by molar-refractivity contribution is -0.485. The summed E-state index contributed by atoms with van der Waals surface area (Å²) in [7, 11) is 0. The Hall–Kier alpha value is -1.37. The zero-order valence-corrected chi connectivity index (χ0v) is 7.52. The highest BCUT2D eigenvalue weighted by atomic mass is 16.7. The molecule has 14 heavy (non-hydrogen) atoms. The summed E-state index contributed by atoms with van der Waals surface area (Å²) in [5.41, 5.74) is 0. The molecule has 1 heterocycles. The summed E-state index contributed by atoms with van der Waals surface area (Å²) < 4.78 is 26.0. The topological polar surface area (TPSA) is 88.8 Å². The number of nitrogens with one attached hydrogen (secondary N) is 2. The van der Waals surface area contributed by atoms with Crippen LogP contribution in [-0.4, -0.2) is 37.7 Å². The van der Waals surface area contributed by atoms with E-state index in [0.29, 0.717) is 19.8 Å². The molecule has 2 N–H and O–H groups in total. The fourth-order valence-electron chi connectivity index (χ4n) is 1.17. The van der Waals surface area contributed by atoms with Gasteiger partial charge in [0.05, 0.1) is 6.61 Å². The molecule has 0 spiro atoms. The summed E-state index contributed by atoms with van der Waals surface area (Å²) in [6.45, 7) is -0.920. The fourth-order valence-corrected chi connectivity index (χ4v) is 1.17. The molecule has 7 heteroatoms. The Morgan fingerprint density at radius 1 is 1.93 bits per heavy atom. The lowest BCUT2D eigenvalue weighted by Crippen LogP contribution is -2.38. The molecular weight excluding hydrogens is 188 g/mol. The van der Waals surface area contributed by atoms with Crippen LogP contribution in [0.5, 0.6) is 0 Å². The van der Waals surface area contributed by atoms with E-state index in [4.69, 9.17) is 8.85 Å². The van der Waals surface area contributed by atoms with Crippen LogP contribution in [0.3, 0.4) is 0 Å². The quantitative estimate of drug-likeness (QED) is 0.277. The lowest BCUT2D eigenvalue weighted by atomic mass is 10.1. The van der Waals surface area contributed by atoms with E-state index in [1.54, 1.807) is 0 Å². The van der Waals surface area contributed by atoms with Crippen LogP contribution in [-0.2, 0) is 4.74 Å². The first kappa shape index (κ1) is 6.99. The van der Waals surface area contributed by atoms with Gasteiger partial charge >= 0.3 is 0 Å². The molecule has 0 aromatic carbocycles. The van der Waals surface area contributed by atoms with Gasteiger partial charge in [0.25, 0.3) is 5.96 Å². The van der Waals surface area contributed by atoms with Gasteiger partial charge < -0.3 is 15.4 Å². The molecule has 80 valence electrons. The summed E-state index contributed by atoms with van der Waals surface area (Å²) >= 11 is 0. The Morgan fingerprint density at radius 3 is 3.36 bits per heavy atom. The summed E-state index contributed by atoms with van der Waals surface area (Å²) in [5.74, 6) is -0.146. The first-order chi connectivity index (χ1) is 7.87. The molecule has 7 nitrogen and oxygen atoms in total. The van der Waals surface area contributed by atoms with Crippen molar-refractivity contribution < 1.29 is 13.9 Å². The highest BCUT2D eigenvalue weighted by Gasteiger charge is 2.16. The smallest absolute Gasteiger partial charge is 0.268 e. The average molecular weight is 205 g/mol. The van der Waals surface area contributed by atoms with Crippen LogP contribution in [0.15, 0.2) is 5.10 Å². The number of hydrogen-bond donors (Lipinski definition) is 2. The van der Waals surface area contributed by atoms with Crippen molar-refractivity contribution in [2.75, 3.05) is 26.7 Å². The molecule has 0 saturated carbocycles. The van der Waals surface area contributed by atoms with Crippen molar-refractivity contribution in [3.8, 4) is 0 Å². The molecule has 0 aromatic heterocycles. The highest BCUT2D eigenvalue weighted by Crippen LogP contribution is 2.10. The van der Waals surface area contributed by atoms with Gasteiger partial charge in [0.2, 0.25) is 0 Å². The standard InChI is InChI=1S/C7H14N4O3/c1-8-7(10-11(12)13)9-4-6-2-3-14-5-6/h6H,2-5H2,1H3,(H2,8,9,10)/i1D3. The number of rotatable bonds is 3. The molecule has 0 bridgehead atoms. The van der Waals surface area contributed by atoms with Gasteiger partial charge in [-0.15, -0.1) is 0 Å². The van der Waals surface area contributed by atoms with Gasteiger partial charge in [-0.3, -0.25) is 0 Å². The third kappa shape index (κ3) is 3.56. The van der Waals surface area contributed by atoms with Gasteiger partial charge in [0.15, 0.2) is 5.03 Å². The van der Waals surface area contributed by atoms with Crippen molar-refractivity contribution in [2.24, 2.45) is 11.0 Å². The molecule has 1 atom stereocenters. The first-order valence-electron chi connectivity index (χ1n) is 5.69. The number of hydrazone groups is 1. The number of nitro groups is 1. The third-order valence-corrected chi connectivity index (χ3v) is 1.88. The average Bonchev–Trinajstić information content (AvgIpc) is 2.62. The minimum absolute atomic E-state index is 0.213. The maximum atomic E-state index is 10.2. The van der Waals surface area contributed by atoms with Gasteiger partial charge in [-0.2, -0.15) is 0 Å². The van der Waals surface area contributed by atoms with E-state index in [1.807, 2.05) is 5.32 Å². The number of hydrogen-bond acceptors (Lipinski definition) is 3.